The molecule has 6 aromatic carbocycles. The standard InChI is InChI=1S/C48H41O13P/c49-44(36-23-11-3-12-24-36)54-33-40-41(58-45(50)37-25-13-4-14-26-37)42(59-46(51)38-27-15-5-16-28-38)43(60-47(52)39-29-17-6-18-30-39)48(57-40)61-62(53,55-31-34-19-7-1-8-20-34)56-32-35-21-9-2-10-22-35/h1-30,40-43,48H,31-33H2/t40-,41-,42+,43+,48+/m1/s1. The van der Waals surface area contributed by atoms with Gasteiger partial charge in [-0.3, -0.25) is 13.6 Å². The lowest BCUT2D eigenvalue weighted by Gasteiger charge is -2.44. The Hall–Kier alpha value is -6.73. The summed E-state index contributed by atoms with van der Waals surface area (Å²) in [6.07, 6.45) is -8.71. The van der Waals surface area contributed by atoms with E-state index in [0.717, 1.165) is 0 Å². The van der Waals surface area contributed by atoms with Crippen LogP contribution in [-0.2, 0) is 55.0 Å². The third-order valence-electron chi connectivity index (χ3n) is 9.43. The molecule has 0 amide bonds. The van der Waals surface area contributed by atoms with Crippen molar-refractivity contribution in [3.63, 3.8) is 0 Å². The Morgan fingerprint density at radius 1 is 0.435 bits per heavy atom. The summed E-state index contributed by atoms with van der Waals surface area (Å²) in [7, 11) is -4.77. The molecule has 1 heterocycles. The van der Waals surface area contributed by atoms with Gasteiger partial charge in [0.2, 0.25) is 6.29 Å². The van der Waals surface area contributed by atoms with Gasteiger partial charge in [0.15, 0.2) is 18.3 Å². The number of carbonyl (C=O) groups excluding carboxylic acids is 4. The third-order valence-corrected chi connectivity index (χ3v) is 10.8. The third kappa shape index (κ3) is 11.8. The van der Waals surface area contributed by atoms with E-state index in [0.29, 0.717) is 11.1 Å². The summed E-state index contributed by atoms with van der Waals surface area (Å²) >= 11 is 0. The predicted octanol–water partition coefficient (Wildman–Crippen LogP) is 8.80. The zero-order valence-electron chi connectivity index (χ0n) is 33.1. The number of hydrogen-bond acceptors (Lipinski definition) is 13. The van der Waals surface area contributed by atoms with E-state index in [4.69, 9.17) is 37.3 Å². The van der Waals surface area contributed by atoms with Crippen molar-refractivity contribution in [3.8, 4) is 0 Å². The molecule has 0 radical (unpaired) electrons. The first-order chi connectivity index (χ1) is 30.2. The molecule has 1 fully saturated rings. The number of benzene rings is 6. The maximum absolute atomic E-state index is 14.9. The maximum atomic E-state index is 14.9. The van der Waals surface area contributed by atoms with Gasteiger partial charge in [0, 0.05) is 0 Å². The van der Waals surface area contributed by atoms with Gasteiger partial charge in [0.25, 0.3) is 0 Å². The topological polar surface area (TPSA) is 159 Å². The molecule has 13 nitrogen and oxygen atoms in total. The number of phosphoric acid groups is 1. The zero-order chi connectivity index (χ0) is 43.2. The van der Waals surface area contributed by atoms with E-state index in [-0.39, 0.29) is 35.5 Å². The van der Waals surface area contributed by atoms with Crippen LogP contribution >= 0.6 is 7.82 Å². The van der Waals surface area contributed by atoms with E-state index in [2.05, 4.69) is 0 Å². The van der Waals surface area contributed by atoms with Crippen LogP contribution in [0.1, 0.15) is 52.6 Å². The molecular weight excluding hydrogens is 815 g/mol. The molecule has 0 N–H and O–H groups in total. The van der Waals surface area contributed by atoms with Crippen LogP contribution in [0.3, 0.4) is 0 Å². The minimum absolute atomic E-state index is 0.0833. The molecule has 7 rings (SSSR count). The fraction of sp³-hybridized carbons (Fsp3) is 0.167. The van der Waals surface area contributed by atoms with E-state index in [1.807, 2.05) is 0 Å². The van der Waals surface area contributed by atoms with Crippen molar-refractivity contribution in [3.05, 3.63) is 215 Å². The summed E-state index contributed by atoms with van der Waals surface area (Å²) in [5.74, 6) is -3.49. The van der Waals surface area contributed by atoms with Gasteiger partial charge in [-0.05, 0) is 59.7 Å². The first kappa shape index (κ1) is 43.4. The molecule has 0 saturated carbocycles. The molecule has 1 aliphatic rings. The first-order valence-corrected chi connectivity index (χ1v) is 21.0. The second-order valence-corrected chi connectivity index (χ2v) is 15.4. The van der Waals surface area contributed by atoms with Crippen LogP contribution < -0.4 is 0 Å². The average Bonchev–Trinajstić information content (AvgIpc) is 3.33. The highest BCUT2D eigenvalue weighted by atomic mass is 31.2. The Kier molecular flexibility index (Phi) is 14.8. The Bertz CT molecular complexity index is 2380. The second-order valence-electron chi connectivity index (χ2n) is 13.8. The minimum Gasteiger partial charge on any atom is -0.459 e. The van der Waals surface area contributed by atoms with E-state index >= 15 is 0 Å². The van der Waals surface area contributed by atoms with Crippen LogP contribution in [0.2, 0.25) is 0 Å². The van der Waals surface area contributed by atoms with E-state index in [1.165, 1.54) is 48.5 Å². The molecule has 14 heteroatoms. The molecule has 0 aliphatic carbocycles. The van der Waals surface area contributed by atoms with Crippen molar-refractivity contribution in [2.75, 3.05) is 6.61 Å². The van der Waals surface area contributed by atoms with Crippen molar-refractivity contribution < 1.29 is 61.0 Å². The maximum Gasteiger partial charge on any atom is 0.477 e. The van der Waals surface area contributed by atoms with E-state index in [1.54, 1.807) is 133 Å². The van der Waals surface area contributed by atoms with Gasteiger partial charge in [0.1, 0.15) is 12.7 Å². The summed E-state index contributed by atoms with van der Waals surface area (Å²) in [5.41, 5.74) is 1.72. The van der Waals surface area contributed by atoms with Crippen molar-refractivity contribution in [2.24, 2.45) is 0 Å². The first-order valence-electron chi connectivity index (χ1n) is 19.6. The molecule has 5 atom stereocenters. The Labute approximate surface area is 357 Å². The molecule has 316 valence electrons. The predicted molar refractivity (Wildman–Crippen MR) is 223 cm³/mol. The molecule has 0 bridgehead atoms. The SMILES string of the molecule is O=C(OC[C@H]1O[C@@H](OP(=O)(OCc2ccccc2)OCc2ccccc2)[C@@H](OC(=O)c2ccccc2)[C@@H](OC(=O)c2ccccc2)[C@@H]1OC(=O)c1ccccc1)c1ccccc1. The van der Waals surface area contributed by atoms with Crippen LogP contribution in [0, 0.1) is 0 Å². The van der Waals surface area contributed by atoms with Crippen molar-refractivity contribution in [1.29, 1.82) is 0 Å². The number of hydrogen-bond donors (Lipinski definition) is 0. The molecule has 0 aromatic heterocycles. The molecule has 1 aliphatic heterocycles. The molecule has 62 heavy (non-hydrogen) atoms. The highest BCUT2D eigenvalue weighted by Crippen LogP contribution is 2.54. The molecular formula is C48H41O13P. The smallest absolute Gasteiger partial charge is 0.459 e. The van der Waals surface area contributed by atoms with Crippen LogP contribution in [0.25, 0.3) is 0 Å². The molecule has 0 unspecified atom stereocenters. The van der Waals surface area contributed by atoms with Crippen molar-refractivity contribution >= 4 is 31.7 Å². The van der Waals surface area contributed by atoms with Gasteiger partial charge >= 0.3 is 31.7 Å². The minimum atomic E-state index is -4.77. The average molecular weight is 857 g/mol. The molecule has 6 aromatic rings. The lowest BCUT2D eigenvalue weighted by Crippen LogP contribution is -2.63. The van der Waals surface area contributed by atoms with Gasteiger partial charge in [0.05, 0.1) is 35.5 Å². The van der Waals surface area contributed by atoms with E-state index < -0.39 is 69.0 Å². The van der Waals surface area contributed by atoms with Crippen LogP contribution in [0.5, 0.6) is 0 Å². The molecule has 1 saturated heterocycles. The van der Waals surface area contributed by atoms with Gasteiger partial charge in [-0.2, -0.15) is 0 Å². The lowest BCUT2D eigenvalue weighted by atomic mass is 9.97. The number of rotatable bonds is 17. The molecule has 0 spiro atoms. The summed E-state index contributed by atoms with van der Waals surface area (Å²) in [6, 6.07) is 49.5. The summed E-state index contributed by atoms with van der Waals surface area (Å²) in [6.45, 7) is -1.13. The fourth-order valence-corrected chi connectivity index (χ4v) is 7.53. The van der Waals surface area contributed by atoms with Crippen molar-refractivity contribution in [1.82, 2.24) is 0 Å². The van der Waals surface area contributed by atoms with Crippen LogP contribution in [0.4, 0.5) is 0 Å². The number of ether oxygens (including phenoxy) is 5. The normalized spacial score (nSPS) is 18.5. The second kappa shape index (κ2) is 21.2. The number of phosphoric ester groups is 1. The van der Waals surface area contributed by atoms with Gasteiger partial charge in [-0.15, -0.1) is 0 Å². The summed E-state index contributed by atoms with van der Waals surface area (Å²) in [4.78, 5) is 55.2. The Morgan fingerprint density at radius 2 is 0.774 bits per heavy atom. The highest BCUT2D eigenvalue weighted by Gasteiger charge is 2.55. The highest BCUT2D eigenvalue weighted by molar-refractivity contribution is 7.48. The lowest BCUT2D eigenvalue weighted by molar-refractivity contribution is -0.279. The number of carbonyl (C=O) groups is 4. The largest absolute Gasteiger partial charge is 0.477 e. The quantitative estimate of drug-likeness (QED) is 0.0487. The van der Waals surface area contributed by atoms with Crippen LogP contribution in [-0.4, -0.2) is 61.2 Å². The monoisotopic (exact) mass is 856 g/mol. The van der Waals surface area contributed by atoms with Gasteiger partial charge < -0.3 is 23.7 Å². The Balaban J connectivity index is 1.31. The van der Waals surface area contributed by atoms with Crippen molar-refractivity contribution in [2.45, 2.75) is 43.9 Å². The van der Waals surface area contributed by atoms with Gasteiger partial charge in [-0.1, -0.05) is 133 Å². The summed E-state index contributed by atoms with van der Waals surface area (Å²) < 4.78 is 63.3. The van der Waals surface area contributed by atoms with E-state index in [9.17, 15) is 23.7 Å². The Morgan fingerprint density at radius 3 is 1.18 bits per heavy atom. The fourth-order valence-electron chi connectivity index (χ4n) is 6.29. The summed E-state index contributed by atoms with van der Waals surface area (Å²) in [5, 5.41) is 0. The number of esters is 4. The zero-order valence-corrected chi connectivity index (χ0v) is 34.0. The van der Waals surface area contributed by atoms with Gasteiger partial charge in [-0.25, -0.2) is 23.7 Å². The van der Waals surface area contributed by atoms with Crippen LogP contribution in [0.15, 0.2) is 182 Å².